The zero-order chi connectivity index (χ0) is 11.1. The van der Waals surface area contributed by atoms with E-state index in [1.54, 1.807) is 0 Å². The first-order chi connectivity index (χ1) is 7.24. The second-order valence-corrected chi connectivity index (χ2v) is 3.34. The van der Waals surface area contributed by atoms with Crippen LogP contribution in [-0.4, -0.2) is 19.1 Å². The SMILES string of the molecule is CCOCC(=O)NC(C)c1ccccc1. The molecule has 0 radical (unpaired) electrons. The molecule has 0 saturated carbocycles. The van der Waals surface area contributed by atoms with E-state index < -0.39 is 0 Å². The number of carbonyl (C=O) groups is 1. The molecule has 3 heteroatoms. The zero-order valence-electron chi connectivity index (χ0n) is 9.19. The van der Waals surface area contributed by atoms with Crippen LogP contribution in [0.25, 0.3) is 0 Å². The molecule has 1 rings (SSSR count). The Bertz CT molecular complexity index is 298. The van der Waals surface area contributed by atoms with Gasteiger partial charge in [0.1, 0.15) is 6.61 Å². The Kier molecular flexibility index (Phi) is 4.84. The largest absolute Gasteiger partial charge is 0.372 e. The maximum atomic E-state index is 11.3. The Labute approximate surface area is 90.4 Å². The van der Waals surface area contributed by atoms with E-state index in [1.807, 2.05) is 44.2 Å². The first-order valence-electron chi connectivity index (χ1n) is 5.16. The first-order valence-corrected chi connectivity index (χ1v) is 5.16. The fourth-order valence-corrected chi connectivity index (χ4v) is 1.30. The molecule has 0 spiro atoms. The average molecular weight is 207 g/mol. The summed E-state index contributed by atoms with van der Waals surface area (Å²) in [5, 5.41) is 2.87. The zero-order valence-corrected chi connectivity index (χ0v) is 9.19. The lowest BCUT2D eigenvalue weighted by atomic mass is 10.1. The van der Waals surface area contributed by atoms with Gasteiger partial charge in [0.05, 0.1) is 6.04 Å². The Hall–Kier alpha value is -1.35. The Balaban J connectivity index is 2.42. The quantitative estimate of drug-likeness (QED) is 0.800. The molecule has 0 aliphatic heterocycles. The summed E-state index contributed by atoms with van der Waals surface area (Å²) in [6.45, 7) is 4.52. The number of amides is 1. The standard InChI is InChI=1S/C12H17NO2/c1-3-15-9-12(14)13-10(2)11-7-5-4-6-8-11/h4-8,10H,3,9H2,1-2H3,(H,13,14). The molecule has 0 heterocycles. The molecule has 1 aromatic carbocycles. The molecule has 0 fully saturated rings. The smallest absolute Gasteiger partial charge is 0.246 e. The van der Waals surface area contributed by atoms with Crippen LogP contribution in [0.15, 0.2) is 30.3 Å². The molecule has 82 valence electrons. The predicted molar refractivity (Wildman–Crippen MR) is 59.5 cm³/mol. The molecule has 1 N–H and O–H groups in total. The van der Waals surface area contributed by atoms with E-state index in [-0.39, 0.29) is 18.6 Å². The van der Waals surface area contributed by atoms with E-state index in [2.05, 4.69) is 5.32 Å². The Morgan fingerprint density at radius 1 is 1.40 bits per heavy atom. The van der Waals surface area contributed by atoms with Crippen molar-refractivity contribution in [2.75, 3.05) is 13.2 Å². The minimum Gasteiger partial charge on any atom is -0.372 e. The van der Waals surface area contributed by atoms with Gasteiger partial charge in [-0.15, -0.1) is 0 Å². The number of rotatable bonds is 5. The molecule has 1 amide bonds. The lowest BCUT2D eigenvalue weighted by Gasteiger charge is -2.13. The third-order valence-electron chi connectivity index (χ3n) is 2.11. The molecule has 1 unspecified atom stereocenters. The molecular weight excluding hydrogens is 190 g/mol. The van der Waals surface area contributed by atoms with Crippen molar-refractivity contribution in [3.8, 4) is 0 Å². The molecule has 1 atom stereocenters. The van der Waals surface area contributed by atoms with Gasteiger partial charge < -0.3 is 10.1 Å². The van der Waals surface area contributed by atoms with Crippen LogP contribution in [0, 0.1) is 0 Å². The summed E-state index contributed by atoms with van der Waals surface area (Å²) < 4.78 is 5.02. The summed E-state index contributed by atoms with van der Waals surface area (Å²) in [6.07, 6.45) is 0. The molecular formula is C12H17NO2. The minimum atomic E-state index is -0.0757. The van der Waals surface area contributed by atoms with Crippen molar-refractivity contribution in [1.82, 2.24) is 5.32 Å². The van der Waals surface area contributed by atoms with Crippen molar-refractivity contribution in [3.05, 3.63) is 35.9 Å². The highest BCUT2D eigenvalue weighted by Crippen LogP contribution is 2.10. The van der Waals surface area contributed by atoms with Crippen molar-refractivity contribution in [2.24, 2.45) is 0 Å². The molecule has 0 aromatic heterocycles. The van der Waals surface area contributed by atoms with Crippen LogP contribution in [0.3, 0.4) is 0 Å². The van der Waals surface area contributed by atoms with Gasteiger partial charge in [-0.2, -0.15) is 0 Å². The molecule has 0 saturated heterocycles. The second-order valence-electron chi connectivity index (χ2n) is 3.34. The molecule has 0 aliphatic carbocycles. The highest BCUT2D eigenvalue weighted by molar-refractivity contribution is 5.77. The van der Waals surface area contributed by atoms with Gasteiger partial charge in [0.25, 0.3) is 0 Å². The summed E-state index contributed by atoms with van der Waals surface area (Å²) in [5.74, 6) is -0.0757. The Morgan fingerprint density at radius 3 is 2.67 bits per heavy atom. The summed E-state index contributed by atoms with van der Waals surface area (Å²) in [4.78, 5) is 11.3. The van der Waals surface area contributed by atoms with Gasteiger partial charge >= 0.3 is 0 Å². The molecule has 3 nitrogen and oxygen atoms in total. The van der Waals surface area contributed by atoms with E-state index in [0.29, 0.717) is 6.61 Å². The van der Waals surface area contributed by atoms with E-state index in [0.717, 1.165) is 5.56 Å². The van der Waals surface area contributed by atoms with Gasteiger partial charge in [0.15, 0.2) is 0 Å². The average Bonchev–Trinajstić information content (AvgIpc) is 2.27. The fraction of sp³-hybridized carbons (Fsp3) is 0.417. The van der Waals surface area contributed by atoms with Crippen molar-refractivity contribution in [1.29, 1.82) is 0 Å². The van der Waals surface area contributed by atoms with Gasteiger partial charge in [-0.05, 0) is 19.4 Å². The van der Waals surface area contributed by atoms with Crippen LogP contribution < -0.4 is 5.32 Å². The van der Waals surface area contributed by atoms with Crippen molar-refractivity contribution < 1.29 is 9.53 Å². The summed E-state index contributed by atoms with van der Waals surface area (Å²) in [5.41, 5.74) is 1.10. The molecule has 1 aromatic rings. The first kappa shape index (κ1) is 11.7. The lowest BCUT2D eigenvalue weighted by molar-refractivity contribution is -0.126. The van der Waals surface area contributed by atoms with Crippen LogP contribution in [-0.2, 0) is 9.53 Å². The third-order valence-corrected chi connectivity index (χ3v) is 2.11. The van der Waals surface area contributed by atoms with E-state index >= 15 is 0 Å². The van der Waals surface area contributed by atoms with Gasteiger partial charge in [-0.25, -0.2) is 0 Å². The van der Waals surface area contributed by atoms with Crippen molar-refractivity contribution in [3.63, 3.8) is 0 Å². The number of ether oxygens (including phenoxy) is 1. The number of carbonyl (C=O) groups excluding carboxylic acids is 1. The lowest BCUT2D eigenvalue weighted by Crippen LogP contribution is -2.30. The summed E-state index contributed by atoms with van der Waals surface area (Å²) >= 11 is 0. The van der Waals surface area contributed by atoms with Crippen LogP contribution in [0.4, 0.5) is 0 Å². The number of hydrogen-bond donors (Lipinski definition) is 1. The van der Waals surface area contributed by atoms with Gasteiger partial charge in [-0.3, -0.25) is 4.79 Å². The topological polar surface area (TPSA) is 38.3 Å². The fourth-order valence-electron chi connectivity index (χ4n) is 1.30. The monoisotopic (exact) mass is 207 g/mol. The van der Waals surface area contributed by atoms with Gasteiger partial charge in [-0.1, -0.05) is 30.3 Å². The number of nitrogens with one attached hydrogen (secondary N) is 1. The highest BCUT2D eigenvalue weighted by atomic mass is 16.5. The molecule has 0 bridgehead atoms. The summed E-state index contributed by atoms with van der Waals surface area (Å²) in [6, 6.07) is 9.88. The Morgan fingerprint density at radius 2 is 2.07 bits per heavy atom. The van der Waals surface area contributed by atoms with E-state index in [1.165, 1.54) is 0 Å². The van der Waals surface area contributed by atoms with Crippen LogP contribution >= 0.6 is 0 Å². The molecule has 0 aliphatic rings. The second kappa shape index (κ2) is 6.19. The van der Waals surface area contributed by atoms with Crippen LogP contribution in [0.1, 0.15) is 25.5 Å². The highest BCUT2D eigenvalue weighted by Gasteiger charge is 2.08. The van der Waals surface area contributed by atoms with E-state index in [4.69, 9.17) is 4.74 Å². The number of hydrogen-bond acceptors (Lipinski definition) is 2. The maximum Gasteiger partial charge on any atom is 0.246 e. The van der Waals surface area contributed by atoms with Gasteiger partial charge in [0, 0.05) is 6.61 Å². The number of benzene rings is 1. The van der Waals surface area contributed by atoms with Crippen LogP contribution in [0.5, 0.6) is 0 Å². The third kappa shape index (κ3) is 4.13. The van der Waals surface area contributed by atoms with Gasteiger partial charge in [0.2, 0.25) is 5.91 Å². The minimum absolute atomic E-state index is 0.0270. The maximum absolute atomic E-state index is 11.3. The van der Waals surface area contributed by atoms with Crippen molar-refractivity contribution >= 4 is 5.91 Å². The van der Waals surface area contributed by atoms with Crippen molar-refractivity contribution in [2.45, 2.75) is 19.9 Å². The van der Waals surface area contributed by atoms with Crippen LogP contribution in [0.2, 0.25) is 0 Å². The molecule has 15 heavy (non-hydrogen) atoms. The normalized spacial score (nSPS) is 12.1. The predicted octanol–water partition coefficient (Wildman–Crippen LogP) is 1.90. The summed E-state index contributed by atoms with van der Waals surface area (Å²) in [7, 11) is 0. The van der Waals surface area contributed by atoms with E-state index in [9.17, 15) is 4.79 Å².